The average Bonchev–Trinajstić information content (AvgIpc) is 3.05. The standard InChI is InChI=1S/C38H48N4O4/c1-6-7-9-14-35(44)42-18-17-31-15-16-32(41-21-19-40(20-22-41)25-30-12-10-8-11-13-30)24-33(31)36(42)38(45)39-34-23-26(2)37(46-29(5)43)28(4)27(34)3/h8,10-13,15-16,23-24,36H,6-7,9,14,17-22,25H2,1-5H3,(H,39,45). The van der Waals surface area contributed by atoms with Crippen molar-refractivity contribution in [2.45, 2.75) is 79.3 Å². The van der Waals surface area contributed by atoms with E-state index in [-0.39, 0.29) is 17.8 Å². The predicted octanol–water partition coefficient (Wildman–Crippen LogP) is 6.50. The van der Waals surface area contributed by atoms with Crippen LogP contribution in [0.4, 0.5) is 11.4 Å². The second-order valence-corrected chi connectivity index (χ2v) is 12.7. The third-order valence-corrected chi connectivity index (χ3v) is 9.44. The number of aryl methyl sites for hydroxylation is 1. The van der Waals surface area contributed by atoms with E-state index in [0.717, 1.165) is 91.9 Å². The number of rotatable bonds is 10. The van der Waals surface area contributed by atoms with Gasteiger partial charge in [0.15, 0.2) is 0 Å². The zero-order valence-electron chi connectivity index (χ0n) is 28.0. The molecule has 2 amide bonds. The molecule has 3 aromatic rings. The van der Waals surface area contributed by atoms with Gasteiger partial charge in [-0.2, -0.15) is 0 Å². The number of nitrogens with zero attached hydrogens (tertiary/aromatic N) is 3. The summed E-state index contributed by atoms with van der Waals surface area (Å²) < 4.78 is 5.47. The molecule has 0 saturated carbocycles. The summed E-state index contributed by atoms with van der Waals surface area (Å²) >= 11 is 0. The maximum Gasteiger partial charge on any atom is 0.308 e. The Hall–Kier alpha value is -4.17. The Bertz CT molecular complexity index is 1560. The zero-order chi connectivity index (χ0) is 32.8. The third-order valence-electron chi connectivity index (χ3n) is 9.44. The Morgan fingerprint density at radius 1 is 0.891 bits per heavy atom. The van der Waals surface area contributed by atoms with Crippen molar-refractivity contribution in [2.24, 2.45) is 0 Å². The highest BCUT2D eigenvalue weighted by Gasteiger charge is 2.36. The van der Waals surface area contributed by atoms with Gasteiger partial charge in [0, 0.05) is 64.0 Å². The number of piperazine rings is 1. The lowest BCUT2D eigenvalue weighted by Gasteiger charge is -2.39. The van der Waals surface area contributed by atoms with Crippen molar-refractivity contribution in [1.82, 2.24) is 9.80 Å². The summed E-state index contributed by atoms with van der Waals surface area (Å²) in [5.74, 6) is -0.0655. The van der Waals surface area contributed by atoms with Gasteiger partial charge in [-0.1, -0.05) is 56.2 Å². The van der Waals surface area contributed by atoms with Crippen LogP contribution in [0.1, 0.15) is 79.0 Å². The summed E-state index contributed by atoms with van der Waals surface area (Å²) in [7, 11) is 0. The van der Waals surface area contributed by atoms with Crippen LogP contribution in [0.3, 0.4) is 0 Å². The highest BCUT2D eigenvalue weighted by atomic mass is 16.5. The van der Waals surface area contributed by atoms with Gasteiger partial charge in [-0.3, -0.25) is 19.3 Å². The molecule has 8 nitrogen and oxygen atoms in total. The average molecular weight is 625 g/mol. The Kier molecular flexibility index (Phi) is 10.8. The van der Waals surface area contributed by atoms with E-state index in [4.69, 9.17) is 4.74 Å². The minimum atomic E-state index is -0.731. The summed E-state index contributed by atoms with van der Waals surface area (Å²) in [5.41, 5.74) is 7.47. The number of esters is 1. The summed E-state index contributed by atoms with van der Waals surface area (Å²) in [5, 5.41) is 3.17. The highest BCUT2D eigenvalue weighted by Crippen LogP contribution is 2.37. The molecule has 0 bridgehead atoms. The Morgan fingerprint density at radius 3 is 2.33 bits per heavy atom. The first-order valence-electron chi connectivity index (χ1n) is 16.7. The molecule has 1 saturated heterocycles. The molecule has 3 aromatic carbocycles. The van der Waals surface area contributed by atoms with E-state index < -0.39 is 6.04 Å². The highest BCUT2D eigenvalue weighted by molar-refractivity contribution is 5.99. The quantitative estimate of drug-likeness (QED) is 0.158. The zero-order valence-corrected chi connectivity index (χ0v) is 28.0. The van der Waals surface area contributed by atoms with Crippen LogP contribution < -0.4 is 15.0 Å². The van der Waals surface area contributed by atoms with Gasteiger partial charge in [0.25, 0.3) is 5.91 Å². The Morgan fingerprint density at radius 2 is 1.63 bits per heavy atom. The Labute approximate surface area is 273 Å². The van der Waals surface area contributed by atoms with Crippen molar-refractivity contribution in [3.8, 4) is 5.75 Å². The first-order chi connectivity index (χ1) is 22.2. The van der Waals surface area contributed by atoms with Gasteiger partial charge < -0.3 is 19.9 Å². The van der Waals surface area contributed by atoms with E-state index in [1.807, 2.05) is 26.8 Å². The topological polar surface area (TPSA) is 82.2 Å². The second-order valence-electron chi connectivity index (χ2n) is 12.7. The van der Waals surface area contributed by atoms with Crippen LogP contribution in [0, 0.1) is 20.8 Å². The molecule has 1 unspecified atom stereocenters. The van der Waals surface area contributed by atoms with E-state index in [2.05, 4.69) is 70.6 Å². The van der Waals surface area contributed by atoms with Gasteiger partial charge in [0.05, 0.1) is 0 Å². The molecule has 2 aliphatic rings. The van der Waals surface area contributed by atoms with E-state index in [0.29, 0.717) is 24.4 Å². The van der Waals surface area contributed by atoms with Crippen LogP contribution in [0.25, 0.3) is 0 Å². The number of anilines is 2. The Balaban J connectivity index is 1.40. The lowest BCUT2D eigenvalue weighted by atomic mass is 9.90. The van der Waals surface area contributed by atoms with E-state index in [1.54, 1.807) is 4.90 Å². The summed E-state index contributed by atoms with van der Waals surface area (Å²) in [4.78, 5) is 46.3. The molecule has 1 N–H and O–H groups in total. The fourth-order valence-corrected chi connectivity index (χ4v) is 6.72. The number of benzene rings is 3. The number of carbonyl (C=O) groups is 3. The molecular weight excluding hydrogens is 576 g/mol. The molecule has 1 atom stereocenters. The summed E-state index contributed by atoms with van der Waals surface area (Å²) in [6.07, 6.45) is 3.99. The number of ether oxygens (including phenoxy) is 1. The molecule has 2 heterocycles. The maximum atomic E-state index is 14.3. The van der Waals surface area contributed by atoms with Crippen LogP contribution in [-0.2, 0) is 27.3 Å². The van der Waals surface area contributed by atoms with Crippen LogP contribution in [0.15, 0.2) is 54.6 Å². The van der Waals surface area contributed by atoms with Crippen molar-refractivity contribution in [3.63, 3.8) is 0 Å². The van der Waals surface area contributed by atoms with Crippen molar-refractivity contribution in [2.75, 3.05) is 42.9 Å². The SMILES string of the molecule is CCCCCC(=O)N1CCc2ccc(N3CCN(Cc4ccccc4)CC3)cc2C1C(=O)Nc1cc(C)c(OC(C)=O)c(C)c1C. The number of hydrogen-bond donors (Lipinski definition) is 1. The molecule has 5 rings (SSSR count). The van der Waals surface area contributed by atoms with E-state index in [1.165, 1.54) is 12.5 Å². The first-order valence-corrected chi connectivity index (χ1v) is 16.7. The molecule has 8 heteroatoms. The predicted molar refractivity (Wildman–Crippen MR) is 183 cm³/mol. The number of carbonyl (C=O) groups excluding carboxylic acids is 3. The molecule has 0 radical (unpaired) electrons. The molecule has 0 spiro atoms. The maximum absolute atomic E-state index is 14.3. The van der Waals surface area contributed by atoms with Gasteiger partial charge >= 0.3 is 5.97 Å². The number of amides is 2. The van der Waals surface area contributed by atoms with Crippen molar-refractivity contribution < 1.29 is 19.1 Å². The van der Waals surface area contributed by atoms with Gasteiger partial charge in [0.1, 0.15) is 11.8 Å². The molecule has 0 aliphatic carbocycles. The number of unbranched alkanes of at least 4 members (excludes halogenated alkanes) is 2. The van der Waals surface area contributed by atoms with Crippen LogP contribution >= 0.6 is 0 Å². The lowest BCUT2D eigenvalue weighted by molar-refractivity contribution is -0.139. The van der Waals surface area contributed by atoms with Crippen molar-refractivity contribution in [3.05, 3.63) is 88.0 Å². The summed E-state index contributed by atoms with van der Waals surface area (Å²) in [6, 6.07) is 18.2. The van der Waals surface area contributed by atoms with Gasteiger partial charge in [-0.25, -0.2) is 0 Å². The van der Waals surface area contributed by atoms with E-state index in [9.17, 15) is 14.4 Å². The van der Waals surface area contributed by atoms with Gasteiger partial charge in [0.2, 0.25) is 5.91 Å². The molecule has 2 aliphatic heterocycles. The summed E-state index contributed by atoms with van der Waals surface area (Å²) in [6.45, 7) is 14.3. The third kappa shape index (κ3) is 7.61. The number of fused-ring (bicyclic) bond motifs is 1. The van der Waals surface area contributed by atoms with Gasteiger partial charge in [-0.05, 0) is 85.2 Å². The van der Waals surface area contributed by atoms with Crippen LogP contribution in [-0.4, -0.2) is 60.3 Å². The van der Waals surface area contributed by atoms with E-state index >= 15 is 0 Å². The molecular formula is C38H48N4O4. The molecule has 1 fully saturated rings. The number of hydrogen-bond acceptors (Lipinski definition) is 6. The first kappa shape index (κ1) is 33.2. The minimum absolute atomic E-state index is 0.0217. The largest absolute Gasteiger partial charge is 0.426 e. The fraction of sp³-hybridized carbons (Fsp3) is 0.447. The molecule has 0 aromatic heterocycles. The van der Waals surface area contributed by atoms with Crippen LogP contribution in [0.2, 0.25) is 0 Å². The second kappa shape index (κ2) is 14.9. The lowest BCUT2D eigenvalue weighted by Crippen LogP contribution is -2.47. The van der Waals surface area contributed by atoms with Crippen molar-refractivity contribution in [1.29, 1.82) is 0 Å². The normalized spacial score (nSPS) is 16.6. The molecule has 46 heavy (non-hydrogen) atoms. The monoisotopic (exact) mass is 624 g/mol. The minimum Gasteiger partial charge on any atom is -0.426 e. The molecule has 244 valence electrons. The smallest absolute Gasteiger partial charge is 0.308 e. The van der Waals surface area contributed by atoms with Crippen LogP contribution in [0.5, 0.6) is 5.75 Å². The van der Waals surface area contributed by atoms with Crippen molar-refractivity contribution >= 4 is 29.2 Å². The van der Waals surface area contributed by atoms with Gasteiger partial charge in [-0.15, -0.1) is 0 Å². The fourth-order valence-electron chi connectivity index (χ4n) is 6.72. The number of nitrogens with one attached hydrogen (secondary N) is 1.